The quantitative estimate of drug-likeness (QED) is 0.831. The highest BCUT2D eigenvalue weighted by atomic mass is 79.9. The fourth-order valence-corrected chi connectivity index (χ4v) is 1.96. The molecule has 0 saturated carbocycles. The van der Waals surface area contributed by atoms with Gasteiger partial charge >= 0.3 is 0 Å². The van der Waals surface area contributed by atoms with Gasteiger partial charge in [-0.05, 0) is 36.8 Å². The van der Waals surface area contributed by atoms with Gasteiger partial charge in [0.05, 0.1) is 11.4 Å². The molecule has 0 aromatic heterocycles. The van der Waals surface area contributed by atoms with Gasteiger partial charge in [-0.1, -0.05) is 40.2 Å². The first-order valence-electron chi connectivity index (χ1n) is 5.53. The maximum absolute atomic E-state index is 5.90. The molecule has 2 aromatic carbocycles. The molecule has 0 aliphatic carbocycles. The number of rotatable bonds is 3. The Morgan fingerprint density at radius 2 is 1.71 bits per heavy atom. The van der Waals surface area contributed by atoms with Gasteiger partial charge in [-0.15, -0.1) is 0 Å². The van der Waals surface area contributed by atoms with E-state index in [2.05, 4.69) is 40.3 Å². The Morgan fingerprint density at radius 1 is 1.06 bits per heavy atom. The van der Waals surface area contributed by atoms with Gasteiger partial charge in [0.25, 0.3) is 0 Å². The molecule has 0 bridgehead atoms. The summed E-state index contributed by atoms with van der Waals surface area (Å²) in [5.74, 6) is 0. The smallest absolute Gasteiger partial charge is 0.0578 e. The van der Waals surface area contributed by atoms with Crippen LogP contribution in [0.3, 0.4) is 0 Å². The SMILES string of the molecule is CC(Nc1ccccc1N)c1ccc(Br)cc1. The fourth-order valence-electron chi connectivity index (χ4n) is 1.70. The van der Waals surface area contributed by atoms with E-state index in [1.165, 1.54) is 5.56 Å². The number of hydrogen-bond acceptors (Lipinski definition) is 2. The summed E-state index contributed by atoms with van der Waals surface area (Å²) in [6.07, 6.45) is 0. The second-order valence-corrected chi connectivity index (χ2v) is 4.92. The van der Waals surface area contributed by atoms with Gasteiger partial charge in [0, 0.05) is 10.5 Å². The third-order valence-corrected chi connectivity index (χ3v) is 3.23. The molecule has 2 nitrogen and oxygen atoms in total. The Balaban J connectivity index is 2.14. The van der Waals surface area contributed by atoms with Crippen molar-refractivity contribution in [2.75, 3.05) is 11.1 Å². The molecule has 0 amide bonds. The molecule has 0 fully saturated rings. The second-order valence-electron chi connectivity index (χ2n) is 4.00. The van der Waals surface area contributed by atoms with Gasteiger partial charge in [-0.2, -0.15) is 0 Å². The maximum Gasteiger partial charge on any atom is 0.0578 e. The summed E-state index contributed by atoms with van der Waals surface area (Å²) in [6, 6.07) is 16.3. The molecule has 3 heteroatoms. The zero-order valence-electron chi connectivity index (χ0n) is 9.65. The molecule has 88 valence electrons. The number of nitrogens with two attached hydrogens (primary N) is 1. The van der Waals surface area contributed by atoms with E-state index in [4.69, 9.17) is 5.73 Å². The largest absolute Gasteiger partial charge is 0.397 e. The van der Waals surface area contributed by atoms with Gasteiger partial charge in [-0.3, -0.25) is 0 Å². The average Bonchev–Trinajstić information content (AvgIpc) is 2.33. The number of para-hydroxylation sites is 2. The molecular formula is C14H15BrN2. The van der Waals surface area contributed by atoms with Crippen molar-refractivity contribution in [2.45, 2.75) is 13.0 Å². The molecule has 2 rings (SSSR count). The molecule has 3 N–H and O–H groups in total. The van der Waals surface area contributed by atoms with Crippen LogP contribution in [0.4, 0.5) is 11.4 Å². The molecule has 0 aliphatic rings. The number of benzene rings is 2. The lowest BCUT2D eigenvalue weighted by Crippen LogP contribution is -2.08. The third-order valence-electron chi connectivity index (χ3n) is 2.70. The lowest BCUT2D eigenvalue weighted by Gasteiger charge is -2.17. The van der Waals surface area contributed by atoms with Crippen LogP contribution < -0.4 is 11.1 Å². The number of hydrogen-bond donors (Lipinski definition) is 2. The van der Waals surface area contributed by atoms with Crippen molar-refractivity contribution in [3.8, 4) is 0 Å². The zero-order valence-corrected chi connectivity index (χ0v) is 11.2. The highest BCUT2D eigenvalue weighted by molar-refractivity contribution is 9.10. The van der Waals surface area contributed by atoms with Crippen molar-refractivity contribution in [1.82, 2.24) is 0 Å². The standard InChI is InChI=1S/C14H15BrN2/c1-10(11-6-8-12(15)9-7-11)17-14-5-3-2-4-13(14)16/h2-10,17H,16H2,1H3. The van der Waals surface area contributed by atoms with Gasteiger partial charge in [0.15, 0.2) is 0 Å². The minimum absolute atomic E-state index is 0.229. The van der Waals surface area contributed by atoms with E-state index in [0.717, 1.165) is 15.8 Å². The van der Waals surface area contributed by atoms with Crippen molar-refractivity contribution in [2.24, 2.45) is 0 Å². The molecule has 2 aromatic rings. The van der Waals surface area contributed by atoms with Crippen LogP contribution in [0, 0.1) is 0 Å². The zero-order chi connectivity index (χ0) is 12.3. The second kappa shape index (κ2) is 5.23. The Morgan fingerprint density at radius 3 is 2.35 bits per heavy atom. The van der Waals surface area contributed by atoms with E-state index in [9.17, 15) is 0 Å². The number of halogens is 1. The fraction of sp³-hybridized carbons (Fsp3) is 0.143. The van der Waals surface area contributed by atoms with Crippen LogP contribution in [-0.4, -0.2) is 0 Å². The van der Waals surface area contributed by atoms with Crippen LogP contribution in [0.1, 0.15) is 18.5 Å². The molecule has 0 spiro atoms. The van der Waals surface area contributed by atoms with E-state index in [1.807, 2.05) is 36.4 Å². The lowest BCUT2D eigenvalue weighted by atomic mass is 10.1. The summed E-state index contributed by atoms with van der Waals surface area (Å²) in [7, 11) is 0. The first-order valence-corrected chi connectivity index (χ1v) is 6.32. The van der Waals surface area contributed by atoms with E-state index in [-0.39, 0.29) is 6.04 Å². The highest BCUT2D eigenvalue weighted by Gasteiger charge is 2.06. The minimum Gasteiger partial charge on any atom is -0.397 e. The van der Waals surface area contributed by atoms with Crippen molar-refractivity contribution < 1.29 is 0 Å². The Labute approximate surface area is 110 Å². The maximum atomic E-state index is 5.90. The van der Waals surface area contributed by atoms with Crippen LogP contribution >= 0.6 is 15.9 Å². The van der Waals surface area contributed by atoms with Gasteiger partial charge in [-0.25, -0.2) is 0 Å². The van der Waals surface area contributed by atoms with Crippen LogP contribution in [0.5, 0.6) is 0 Å². The molecule has 0 saturated heterocycles. The van der Waals surface area contributed by atoms with Crippen LogP contribution in [-0.2, 0) is 0 Å². The molecule has 1 unspecified atom stereocenters. The summed E-state index contributed by atoms with van der Waals surface area (Å²) in [5, 5.41) is 3.41. The minimum atomic E-state index is 0.229. The number of anilines is 2. The van der Waals surface area contributed by atoms with Crippen molar-refractivity contribution in [3.63, 3.8) is 0 Å². The first kappa shape index (κ1) is 12.0. The molecule has 17 heavy (non-hydrogen) atoms. The molecule has 0 heterocycles. The molecule has 0 aliphatic heterocycles. The van der Waals surface area contributed by atoms with E-state index < -0.39 is 0 Å². The summed E-state index contributed by atoms with van der Waals surface area (Å²) in [4.78, 5) is 0. The Bertz CT molecular complexity index is 494. The molecular weight excluding hydrogens is 276 g/mol. The van der Waals surface area contributed by atoms with Crippen molar-refractivity contribution in [3.05, 3.63) is 58.6 Å². The van der Waals surface area contributed by atoms with Gasteiger partial charge < -0.3 is 11.1 Å². The summed E-state index contributed by atoms with van der Waals surface area (Å²) >= 11 is 3.43. The normalized spacial score (nSPS) is 12.1. The van der Waals surface area contributed by atoms with Crippen molar-refractivity contribution >= 4 is 27.3 Å². The Kier molecular flexibility index (Phi) is 3.69. The summed E-state index contributed by atoms with van der Waals surface area (Å²) < 4.78 is 1.09. The van der Waals surface area contributed by atoms with Crippen LogP contribution in [0.15, 0.2) is 53.0 Å². The molecule has 0 radical (unpaired) electrons. The topological polar surface area (TPSA) is 38.0 Å². The third kappa shape index (κ3) is 3.01. The predicted molar refractivity (Wildman–Crippen MR) is 77.0 cm³/mol. The first-order chi connectivity index (χ1) is 8.16. The Hall–Kier alpha value is -1.48. The molecule has 1 atom stereocenters. The highest BCUT2D eigenvalue weighted by Crippen LogP contribution is 2.24. The van der Waals surface area contributed by atoms with Gasteiger partial charge in [0.1, 0.15) is 0 Å². The number of nitrogen functional groups attached to an aromatic ring is 1. The van der Waals surface area contributed by atoms with Gasteiger partial charge in [0.2, 0.25) is 0 Å². The average molecular weight is 291 g/mol. The van der Waals surface area contributed by atoms with E-state index in [0.29, 0.717) is 0 Å². The summed E-state index contributed by atoms with van der Waals surface area (Å²) in [5.41, 5.74) is 8.88. The van der Waals surface area contributed by atoms with Crippen LogP contribution in [0.2, 0.25) is 0 Å². The van der Waals surface area contributed by atoms with E-state index >= 15 is 0 Å². The summed E-state index contributed by atoms with van der Waals surface area (Å²) in [6.45, 7) is 2.12. The monoisotopic (exact) mass is 290 g/mol. The number of nitrogens with one attached hydrogen (secondary N) is 1. The van der Waals surface area contributed by atoms with Crippen LogP contribution in [0.25, 0.3) is 0 Å². The van der Waals surface area contributed by atoms with Crippen molar-refractivity contribution in [1.29, 1.82) is 0 Å². The lowest BCUT2D eigenvalue weighted by molar-refractivity contribution is 0.885. The predicted octanol–water partition coefficient (Wildman–Crippen LogP) is 4.20. The van der Waals surface area contributed by atoms with E-state index in [1.54, 1.807) is 0 Å².